The SMILES string of the molecule is c1ccc(Cc2ccc3oc4cc5oc6ccc(-n7c8ccccc8c8ccccc87)cc6c5cc4c3c2)cc1. The number of nitrogens with zero attached hydrogens (tertiary/aromatic N) is 1. The Kier molecular flexibility index (Phi) is 4.39. The van der Waals surface area contributed by atoms with Gasteiger partial charge < -0.3 is 13.4 Å². The fourth-order valence-corrected chi connectivity index (χ4v) is 6.36. The van der Waals surface area contributed by atoms with Gasteiger partial charge in [-0.3, -0.25) is 0 Å². The minimum absolute atomic E-state index is 0.838. The van der Waals surface area contributed by atoms with Gasteiger partial charge in [0.2, 0.25) is 0 Å². The van der Waals surface area contributed by atoms with E-state index < -0.39 is 0 Å². The van der Waals surface area contributed by atoms with Gasteiger partial charge >= 0.3 is 0 Å². The van der Waals surface area contributed by atoms with Crippen LogP contribution in [-0.2, 0) is 6.42 Å². The Morgan fingerprint density at radius 3 is 1.68 bits per heavy atom. The van der Waals surface area contributed by atoms with Gasteiger partial charge in [-0.1, -0.05) is 72.8 Å². The third kappa shape index (κ3) is 3.12. The predicted molar refractivity (Wildman–Crippen MR) is 165 cm³/mol. The van der Waals surface area contributed by atoms with E-state index in [1.165, 1.54) is 32.9 Å². The first-order valence-electron chi connectivity index (χ1n) is 13.6. The molecule has 0 saturated carbocycles. The summed E-state index contributed by atoms with van der Waals surface area (Å²) in [6.07, 6.45) is 0.891. The van der Waals surface area contributed by atoms with Gasteiger partial charge in [0.1, 0.15) is 22.3 Å². The van der Waals surface area contributed by atoms with Crippen LogP contribution in [0.4, 0.5) is 0 Å². The average Bonchev–Trinajstić information content (AvgIpc) is 3.65. The molecule has 6 aromatic carbocycles. The van der Waals surface area contributed by atoms with Crippen LogP contribution >= 0.6 is 0 Å². The minimum Gasteiger partial charge on any atom is -0.456 e. The zero-order valence-electron chi connectivity index (χ0n) is 21.6. The van der Waals surface area contributed by atoms with E-state index in [0.717, 1.165) is 56.0 Å². The third-order valence-corrected chi connectivity index (χ3v) is 8.20. The maximum atomic E-state index is 6.34. The van der Waals surface area contributed by atoms with Gasteiger partial charge in [0.05, 0.1) is 11.0 Å². The predicted octanol–water partition coefficient (Wildman–Crippen LogP) is 10.2. The molecule has 0 saturated heterocycles. The number of furan rings is 2. The maximum absolute atomic E-state index is 6.34. The van der Waals surface area contributed by atoms with Crippen molar-refractivity contribution in [3.63, 3.8) is 0 Å². The van der Waals surface area contributed by atoms with E-state index in [1.807, 2.05) is 6.07 Å². The smallest absolute Gasteiger partial charge is 0.139 e. The lowest BCUT2D eigenvalue weighted by Gasteiger charge is -2.08. The molecule has 0 aliphatic heterocycles. The van der Waals surface area contributed by atoms with E-state index in [-0.39, 0.29) is 0 Å². The van der Waals surface area contributed by atoms with E-state index in [9.17, 15) is 0 Å². The second kappa shape index (κ2) is 8.11. The molecule has 9 aromatic rings. The number of aromatic nitrogens is 1. The third-order valence-electron chi connectivity index (χ3n) is 8.20. The van der Waals surface area contributed by atoms with Gasteiger partial charge in [-0.15, -0.1) is 0 Å². The Morgan fingerprint density at radius 1 is 0.400 bits per heavy atom. The molecule has 3 aromatic heterocycles. The highest BCUT2D eigenvalue weighted by Crippen LogP contribution is 2.39. The molecule has 0 bridgehead atoms. The van der Waals surface area contributed by atoms with Crippen molar-refractivity contribution in [1.29, 1.82) is 0 Å². The van der Waals surface area contributed by atoms with Crippen LogP contribution < -0.4 is 0 Å². The molecule has 0 amide bonds. The van der Waals surface area contributed by atoms with Crippen LogP contribution in [0.5, 0.6) is 0 Å². The fraction of sp³-hybridized carbons (Fsp3) is 0.0270. The summed E-state index contributed by atoms with van der Waals surface area (Å²) in [5, 5.41) is 6.97. The minimum atomic E-state index is 0.838. The molecule has 9 rings (SSSR count). The molecule has 40 heavy (non-hydrogen) atoms. The second-order valence-electron chi connectivity index (χ2n) is 10.6. The first kappa shape index (κ1) is 21.6. The number of rotatable bonds is 3. The quantitative estimate of drug-likeness (QED) is 0.235. The Bertz CT molecular complexity index is 2350. The van der Waals surface area contributed by atoms with Crippen molar-refractivity contribution < 1.29 is 8.83 Å². The van der Waals surface area contributed by atoms with Crippen LogP contribution in [-0.4, -0.2) is 4.57 Å². The van der Waals surface area contributed by atoms with Crippen LogP contribution in [0.1, 0.15) is 11.1 Å². The van der Waals surface area contributed by atoms with Gasteiger partial charge in [0.25, 0.3) is 0 Å². The van der Waals surface area contributed by atoms with Gasteiger partial charge in [-0.2, -0.15) is 0 Å². The van der Waals surface area contributed by atoms with E-state index in [4.69, 9.17) is 8.83 Å². The fourth-order valence-electron chi connectivity index (χ4n) is 6.36. The largest absolute Gasteiger partial charge is 0.456 e. The summed E-state index contributed by atoms with van der Waals surface area (Å²) in [5.74, 6) is 0. The first-order valence-corrected chi connectivity index (χ1v) is 13.6. The lowest BCUT2D eigenvalue weighted by atomic mass is 10.0. The molecule has 0 aliphatic carbocycles. The Balaban J connectivity index is 1.26. The van der Waals surface area contributed by atoms with Gasteiger partial charge in [-0.25, -0.2) is 0 Å². The molecule has 0 spiro atoms. The molecular weight excluding hydrogens is 490 g/mol. The van der Waals surface area contributed by atoms with E-state index in [2.05, 4.69) is 126 Å². The van der Waals surface area contributed by atoms with E-state index in [1.54, 1.807) is 0 Å². The van der Waals surface area contributed by atoms with Crippen molar-refractivity contribution in [2.75, 3.05) is 0 Å². The van der Waals surface area contributed by atoms with Crippen LogP contribution in [0.25, 0.3) is 71.4 Å². The molecule has 188 valence electrons. The molecular formula is C37H23NO2. The monoisotopic (exact) mass is 513 g/mol. The molecule has 0 fully saturated rings. The highest BCUT2D eigenvalue weighted by Gasteiger charge is 2.16. The van der Waals surface area contributed by atoms with Crippen molar-refractivity contribution in [2.45, 2.75) is 6.42 Å². The summed E-state index contributed by atoms with van der Waals surface area (Å²) in [5.41, 5.74) is 9.55. The Labute approximate surface area is 229 Å². The van der Waals surface area contributed by atoms with Crippen LogP contribution in [0.2, 0.25) is 0 Å². The Morgan fingerprint density at radius 2 is 0.975 bits per heavy atom. The standard InChI is InChI=1S/C37H23NO2/c1-2-8-23(9-3-1)18-24-14-16-34-28(19-24)30-21-31-29-20-25(15-17-35(29)40-37(31)22-36(30)39-34)38-32-12-6-4-10-26(32)27-11-5-7-13-33(27)38/h1-17,19-22H,18H2. The van der Waals surface area contributed by atoms with Crippen molar-refractivity contribution in [1.82, 2.24) is 4.57 Å². The first-order chi connectivity index (χ1) is 19.8. The maximum Gasteiger partial charge on any atom is 0.139 e. The summed E-state index contributed by atoms with van der Waals surface area (Å²) >= 11 is 0. The highest BCUT2D eigenvalue weighted by molar-refractivity contribution is 6.16. The molecule has 0 unspecified atom stereocenters. The van der Waals surface area contributed by atoms with Gasteiger partial charge in [0, 0.05) is 44.1 Å². The Hall–Kier alpha value is -5.28. The van der Waals surface area contributed by atoms with Crippen molar-refractivity contribution in [3.05, 3.63) is 139 Å². The van der Waals surface area contributed by atoms with E-state index in [0.29, 0.717) is 0 Å². The van der Waals surface area contributed by atoms with Gasteiger partial charge in [-0.05, 0) is 66.1 Å². The molecule has 0 atom stereocenters. The zero-order valence-corrected chi connectivity index (χ0v) is 21.6. The number of fused-ring (bicyclic) bond motifs is 9. The topological polar surface area (TPSA) is 31.2 Å². The molecule has 3 heteroatoms. The van der Waals surface area contributed by atoms with Crippen LogP contribution in [0, 0.1) is 0 Å². The summed E-state index contributed by atoms with van der Waals surface area (Å²) in [6.45, 7) is 0. The average molecular weight is 514 g/mol. The van der Waals surface area contributed by atoms with Gasteiger partial charge in [0.15, 0.2) is 0 Å². The number of hydrogen-bond acceptors (Lipinski definition) is 2. The van der Waals surface area contributed by atoms with Crippen molar-refractivity contribution in [2.24, 2.45) is 0 Å². The number of para-hydroxylation sites is 2. The summed E-state index contributed by atoms with van der Waals surface area (Å²) < 4.78 is 15.0. The lowest BCUT2D eigenvalue weighted by molar-refractivity contribution is 0.656. The van der Waals surface area contributed by atoms with Crippen LogP contribution in [0.15, 0.2) is 136 Å². The highest BCUT2D eigenvalue weighted by atomic mass is 16.3. The van der Waals surface area contributed by atoms with Crippen LogP contribution in [0.3, 0.4) is 0 Å². The molecule has 3 heterocycles. The summed E-state index contributed by atoms with van der Waals surface area (Å²) in [7, 11) is 0. The number of hydrogen-bond donors (Lipinski definition) is 0. The van der Waals surface area contributed by atoms with E-state index >= 15 is 0 Å². The summed E-state index contributed by atoms with van der Waals surface area (Å²) in [6, 6.07) is 45.1. The second-order valence-corrected chi connectivity index (χ2v) is 10.6. The molecule has 0 aliphatic rings. The molecule has 3 nitrogen and oxygen atoms in total. The van der Waals surface area contributed by atoms with Crippen molar-refractivity contribution in [3.8, 4) is 5.69 Å². The molecule has 0 N–H and O–H groups in total. The summed E-state index contributed by atoms with van der Waals surface area (Å²) in [4.78, 5) is 0. The van der Waals surface area contributed by atoms with Crippen molar-refractivity contribution >= 4 is 65.7 Å². The lowest BCUT2D eigenvalue weighted by Crippen LogP contribution is -1.93. The normalized spacial score (nSPS) is 12.1. The molecule has 0 radical (unpaired) electrons. The number of benzene rings is 6. The zero-order chi connectivity index (χ0) is 26.2.